The minimum atomic E-state index is -4.76. The predicted molar refractivity (Wildman–Crippen MR) is 172 cm³/mol. The van der Waals surface area contributed by atoms with E-state index in [0.29, 0.717) is 29.9 Å². The van der Waals surface area contributed by atoms with Gasteiger partial charge in [0.2, 0.25) is 11.8 Å². The molecule has 0 aliphatic rings. The molecule has 3 aromatic carbocycles. The average Bonchev–Trinajstić information content (AvgIpc) is 2.96. The topological polar surface area (TPSA) is 215 Å². The van der Waals surface area contributed by atoms with Crippen molar-refractivity contribution in [3.05, 3.63) is 95.1 Å². The van der Waals surface area contributed by atoms with Gasteiger partial charge in [0.25, 0.3) is 5.91 Å². The smallest absolute Gasteiger partial charge is 0.388 e. The van der Waals surface area contributed by atoms with Crippen molar-refractivity contribution in [3.8, 4) is 11.5 Å². The highest BCUT2D eigenvalue weighted by molar-refractivity contribution is 7.70. The number of amides is 3. The van der Waals surface area contributed by atoms with Crippen LogP contribution in [-0.4, -0.2) is 51.5 Å². The largest absolute Gasteiger partial charge is 0.492 e. The number of hydrogen-bond acceptors (Lipinski definition) is 7. The average molecular weight is 676 g/mol. The Morgan fingerprint density at radius 1 is 0.870 bits per heavy atom. The van der Waals surface area contributed by atoms with Crippen LogP contribution in [0.2, 0.25) is 0 Å². The first-order valence-corrected chi connectivity index (χ1v) is 17.9. The van der Waals surface area contributed by atoms with E-state index in [9.17, 15) is 28.4 Å². The summed E-state index contributed by atoms with van der Waals surface area (Å²) in [6, 6.07) is 18.8. The van der Waals surface area contributed by atoms with Crippen molar-refractivity contribution in [3.63, 3.8) is 0 Å². The summed E-state index contributed by atoms with van der Waals surface area (Å²) in [5.74, 6) is -3.72. The van der Waals surface area contributed by atoms with Gasteiger partial charge in [0, 0.05) is 6.54 Å². The molecule has 3 amide bonds. The first-order valence-electron chi connectivity index (χ1n) is 14.4. The molecule has 0 bridgehead atoms. The van der Waals surface area contributed by atoms with Crippen molar-refractivity contribution in [2.24, 2.45) is 11.7 Å². The van der Waals surface area contributed by atoms with E-state index >= 15 is 0 Å². The van der Waals surface area contributed by atoms with Gasteiger partial charge in [-0.1, -0.05) is 62.4 Å². The minimum absolute atomic E-state index is 0.0531. The van der Waals surface area contributed by atoms with E-state index in [1.165, 1.54) is 12.1 Å². The number of carbonyl (C=O) groups is 3. The van der Waals surface area contributed by atoms with Crippen LogP contribution in [0.4, 0.5) is 0 Å². The lowest BCUT2D eigenvalue weighted by atomic mass is 9.96. The molecule has 15 heteroatoms. The highest BCUT2D eigenvalue weighted by Crippen LogP contribution is 2.55. The number of primary amides is 1. The third-order valence-corrected chi connectivity index (χ3v) is 10.0. The fourth-order valence-corrected chi connectivity index (χ4v) is 6.96. The van der Waals surface area contributed by atoms with Crippen LogP contribution in [0.3, 0.4) is 0 Å². The molecule has 0 spiro atoms. The zero-order valence-electron chi connectivity index (χ0n) is 25.7. The van der Waals surface area contributed by atoms with E-state index in [4.69, 9.17) is 24.8 Å². The molecule has 0 radical (unpaired) electrons. The van der Waals surface area contributed by atoms with E-state index in [2.05, 4.69) is 10.6 Å². The molecule has 3 atom stereocenters. The second kappa shape index (κ2) is 16.0. The summed E-state index contributed by atoms with van der Waals surface area (Å²) < 4.78 is 33.6. The molecule has 3 aromatic rings. The maximum absolute atomic E-state index is 13.5. The lowest BCUT2D eigenvalue weighted by Gasteiger charge is -2.21. The second-order valence-corrected chi connectivity index (χ2v) is 15.0. The van der Waals surface area contributed by atoms with Gasteiger partial charge in [-0.2, -0.15) is 0 Å². The van der Waals surface area contributed by atoms with Crippen LogP contribution in [0.5, 0.6) is 11.5 Å². The summed E-state index contributed by atoms with van der Waals surface area (Å²) >= 11 is 0. The van der Waals surface area contributed by atoms with Crippen LogP contribution in [-0.2, 0) is 25.1 Å². The van der Waals surface area contributed by atoms with Crippen LogP contribution in [0.1, 0.15) is 59.8 Å². The van der Waals surface area contributed by atoms with Crippen molar-refractivity contribution in [1.82, 2.24) is 10.6 Å². The van der Waals surface area contributed by atoms with Crippen molar-refractivity contribution >= 4 is 32.9 Å². The van der Waals surface area contributed by atoms with Gasteiger partial charge >= 0.3 is 15.2 Å². The summed E-state index contributed by atoms with van der Waals surface area (Å²) in [5, 5.41) is 5.64. The molecule has 0 aliphatic carbocycles. The first kappa shape index (κ1) is 36.5. The van der Waals surface area contributed by atoms with Crippen molar-refractivity contribution in [2.45, 2.75) is 39.2 Å². The highest BCUT2D eigenvalue weighted by atomic mass is 31.2. The number of carbonyl (C=O) groups excluding carboxylic acids is 3. The monoisotopic (exact) mass is 675 g/mol. The molecule has 248 valence electrons. The van der Waals surface area contributed by atoms with Crippen LogP contribution >= 0.6 is 15.2 Å². The van der Waals surface area contributed by atoms with Crippen LogP contribution in [0.25, 0.3) is 0 Å². The molecule has 46 heavy (non-hydrogen) atoms. The summed E-state index contributed by atoms with van der Waals surface area (Å²) in [6.45, 7) is 6.23. The SMILES string of the molecule is CC(C)COc1ccc([C@H](C)NC(=O)[C@H](C(=O)NCCc2ccc(OP(=O)(O)CP(=O)(O)O)cc2)c2ccccc2)cc1C(N)=O. The lowest BCUT2D eigenvalue weighted by Crippen LogP contribution is -2.41. The number of nitrogens with two attached hydrogens (primary N) is 1. The minimum Gasteiger partial charge on any atom is -0.492 e. The van der Waals surface area contributed by atoms with Gasteiger partial charge in [-0.05, 0) is 60.2 Å². The number of ether oxygens (including phenoxy) is 1. The highest BCUT2D eigenvalue weighted by Gasteiger charge is 2.32. The Morgan fingerprint density at radius 3 is 2.11 bits per heavy atom. The molecule has 7 N–H and O–H groups in total. The molecule has 0 saturated heterocycles. The standard InChI is InChI=1S/C31H39N3O10P2/c1-20(2)18-43-27-14-11-24(17-26(27)29(32)35)21(3)34-31(37)28(23-7-5-4-6-8-23)30(36)33-16-15-22-9-12-25(13-10-22)44-46(41,42)19-45(38,39)40/h4-14,17,20-21,28H,15-16,18-19H2,1-3H3,(H2,32,35)(H,33,36)(H,34,37)(H,41,42)(H2,38,39,40)/t21-,28-/m0/s1. The molecule has 3 rings (SSSR count). The third kappa shape index (κ3) is 11.4. The van der Waals surface area contributed by atoms with E-state index in [0.717, 1.165) is 5.56 Å². The third-order valence-electron chi connectivity index (χ3n) is 6.60. The normalized spacial score (nSPS) is 14.1. The van der Waals surface area contributed by atoms with Gasteiger partial charge in [-0.15, -0.1) is 0 Å². The summed E-state index contributed by atoms with van der Waals surface area (Å²) in [5.41, 5.74) is 7.56. The van der Waals surface area contributed by atoms with E-state index in [1.54, 1.807) is 67.6 Å². The molecule has 0 fully saturated rings. The second-order valence-electron chi connectivity index (χ2n) is 11.1. The number of benzene rings is 3. The van der Waals surface area contributed by atoms with Gasteiger partial charge in [-0.25, -0.2) is 4.57 Å². The van der Waals surface area contributed by atoms with E-state index in [-0.39, 0.29) is 23.8 Å². The molecule has 0 aliphatic heterocycles. The quantitative estimate of drug-likeness (QED) is 0.0953. The maximum Gasteiger partial charge on any atom is 0.388 e. The Bertz CT molecular complexity index is 1610. The fraction of sp³-hybridized carbons (Fsp3) is 0.323. The van der Waals surface area contributed by atoms with Gasteiger partial charge in [0.05, 0.1) is 18.2 Å². The summed E-state index contributed by atoms with van der Waals surface area (Å²) in [6.07, 6.45) is 0.339. The van der Waals surface area contributed by atoms with Gasteiger partial charge in [0.15, 0.2) is 5.90 Å². The summed E-state index contributed by atoms with van der Waals surface area (Å²) in [4.78, 5) is 66.6. The molecule has 1 unspecified atom stereocenters. The van der Waals surface area contributed by atoms with Gasteiger partial charge < -0.3 is 40.3 Å². The van der Waals surface area contributed by atoms with Crippen molar-refractivity contribution in [2.75, 3.05) is 19.1 Å². The molecular weight excluding hydrogens is 636 g/mol. The van der Waals surface area contributed by atoms with E-state index < -0.39 is 50.8 Å². The molecule has 0 saturated carbocycles. The first-order chi connectivity index (χ1) is 21.5. The van der Waals surface area contributed by atoms with Crippen LogP contribution in [0.15, 0.2) is 72.8 Å². The van der Waals surface area contributed by atoms with Crippen LogP contribution < -0.4 is 25.6 Å². The van der Waals surface area contributed by atoms with Crippen LogP contribution in [0, 0.1) is 5.92 Å². The Hall–Kier alpha value is -3.99. The Morgan fingerprint density at radius 2 is 1.52 bits per heavy atom. The Labute approximate surface area is 267 Å². The zero-order valence-corrected chi connectivity index (χ0v) is 27.4. The molecule has 0 heterocycles. The lowest BCUT2D eigenvalue weighted by molar-refractivity contribution is -0.132. The molecule has 13 nitrogen and oxygen atoms in total. The predicted octanol–water partition coefficient (Wildman–Crippen LogP) is 3.84. The summed E-state index contributed by atoms with van der Waals surface area (Å²) in [7, 11) is -9.33. The molecular formula is C31H39N3O10P2. The number of hydrogen-bond donors (Lipinski definition) is 6. The molecule has 0 aromatic heterocycles. The number of rotatable bonds is 16. The van der Waals surface area contributed by atoms with Crippen molar-refractivity contribution < 1.29 is 47.5 Å². The van der Waals surface area contributed by atoms with Gasteiger partial charge in [-0.3, -0.25) is 18.9 Å². The van der Waals surface area contributed by atoms with Gasteiger partial charge in [0.1, 0.15) is 17.4 Å². The van der Waals surface area contributed by atoms with E-state index in [1.807, 2.05) is 13.8 Å². The number of nitrogens with one attached hydrogen (secondary N) is 2. The maximum atomic E-state index is 13.5. The fourth-order valence-electron chi connectivity index (χ4n) is 4.41. The van der Waals surface area contributed by atoms with Crippen molar-refractivity contribution in [1.29, 1.82) is 0 Å². The zero-order chi connectivity index (χ0) is 34.1. The Balaban J connectivity index is 1.67. The Kier molecular flexibility index (Phi) is 12.7.